The summed E-state index contributed by atoms with van der Waals surface area (Å²) in [7, 11) is 0. The highest BCUT2D eigenvalue weighted by Crippen LogP contribution is 2.31. The number of carbonyl (C=O) groups is 1. The van der Waals surface area contributed by atoms with Crippen molar-refractivity contribution in [3.05, 3.63) is 56.5 Å². The van der Waals surface area contributed by atoms with E-state index in [4.69, 9.17) is 9.41 Å². The lowest BCUT2D eigenvalue weighted by atomic mass is 10.1. The Morgan fingerprint density at radius 1 is 1.31 bits per heavy atom. The van der Waals surface area contributed by atoms with Crippen molar-refractivity contribution in [1.29, 1.82) is 0 Å². The molecule has 2 aliphatic rings. The van der Waals surface area contributed by atoms with E-state index in [1.807, 2.05) is 36.4 Å². The molecule has 0 saturated heterocycles. The maximum Gasteiger partial charge on any atom is 0.276 e. The van der Waals surface area contributed by atoms with Gasteiger partial charge in [-0.15, -0.1) is 5.10 Å². The predicted octanol–water partition coefficient (Wildman–Crippen LogP) is 2.56. The maximum absolute atomic E-state index is 12.9. The van der Waals surface area contributed by atoms with Gasteiger partial charge in [0.05, 0.1) is 5.36 Å². The second-order valence-electron chi connectivity index (χ2n) is 5.92. The number of benzene rings is 1. The number of rotatable bonds is 4. The summed E-state index contributed by atoms with van der Waals surface area (Å²) in [6.07, 6.45) is 1.69. The van der Waals surface area contributed by atoms with E-state index in [-0.39, 0.29) is 5.91 Å². The second kappa shape index (κ2) is 7.43. The number of hydrogen-bond acceptors (Lipinski definition) is 6. The van der Waals surface area contributed by atoms with Crippen LogP contribution in [0.3, 0.4) is 0 Å². The van der Waals surface area contributed by atoms with Crippen molar-refractivity contribution in [2.24, 2.45) is 10.1 Å². The first-order chi connectivity index (χ1) is 12.7. The lowest BCUT2D eigenvalue weighted by molar-refractivity contribution is -0.116. The summed E-state index contributed by atoms with van der Waals surface area (Å²) >= 11 is 3.68. The molecule has 26 heavy (non-hydrogen) atoms. The van der Waals surface area contributed by atoms with E-state index in [1.165, 1.54) is 0 Å². The normalized spacial score (nSPS) is 18.6. The molecule has 6 nitrogen and oxygen atoms in total. The van der Waals surface area contributed by atoms with Gasteiger partial charge in [0.25, 0.3) is 5.91 Å². The minimum Gasteiger partial charge on any atom is -0.451 e. The zero-order valence-electron chi connectivity index (χ0n) is 14.1. The summed E-state index contributed by atoms with van der Waals surface area (Å²) in [4.78, 5) is 17.6. The Morgan fingerprint density at radius 3 is 2.92 bits per heavy atom. The van der Waals surface area contributed by atoms with E-state index in [0.717, 1.165) is 32.9 Å². The number of para-hydroxylation sites is 1. The molecule has 1 atom stereocenters. The third kappa shape index (κ3) is 3.27. The second-order valence-corrected chi connectivity index (χ2v) is 8.06. The fraction of sp³-hybridized carbons (Fsp3) is 0.278. The predicted molar refractivity (Wildman–Crippen MR) is 110 cm³/mol. The van der Waals surface area contributed by atoms with Crippen LogP contribution in [0.5, 0.6) is 0 Å². The van der Waals surface area contributed by atoms with E-state index in [9.17, 15) is 4.79 Å². The van der Waals surface area contributed by atoms with Gasteiger partial charge in [0, 0.05) is 11.0 Å². The van der Waals surface area contributed by atoms with Gasteiger partial charge < -0.3 is 4.42 Å². The summed E-state index contributed by atoms with van der Waals surface area (Å²) in [6, 6.07) is 11.4. The van der Waals surface area contributed by atoms with Crippen LogP contribution in [0.1, 0.15) is 31.7 Å². The van der Waals surface area contributed by atoms with Crippen molar-refractivity contribution in [1.82, 2.24) is 10.3 Å². The number of amidine groups is 1. The topological polar surface area (TPSA) is 70.2 Å². The first-order valence-corrected chi connectivity index (χ1v) is 10.5. The largest absolute Gasteiger partial charge is 0.451 e. The Kier molecular flexibility index (Phi) is 5.03. The van der Waals surface area contributed by atoms with Gasteiger partial charge in [0.1, 0.15) is 5.70 Å². The van der Waals surface area contributed by atoms with Crippen molar-refractivity contribution in [3.63, 3.8) is 0 Å². The van der Waals surface area contributed by atoms with Gasteiger partial charge in [-0.1, -0.05) is 43.3 Å². The Balaban J connectivity index is 1.83. The molecule has 0 spiro atoms. The first kappa shape index (κ1) is 17.6. The molecular weight excluding hydrogens is 463 g/mol. The van der Waals surface area contributed by atoms with Crippen LogP contribution in [-0.2, 0) is 4.79 Å². The number of thioether (sulfide) groups is 1. The van der Waals surface area contributed by atoms with Crippen molar-refractivity contribution < 1.29 is 9.21 Å². The van der Waals surface area contributed by atoms with Gasteiger partial charge in [-0.25, -0.2) is 10.0 Å². The Morgan fingerprint density at radius 2 is 2.15 bits per heavy atom. The molecule has 0 fully saturated rings. The van der Waals surface area contributed by atoms with Crippen LogP contribution in [0.25, 0.3) is 5.70 Å². The summed E-state index contributed by atoms with van der Waals surface area (Å²) in [5, 5.41) is 11.4. The molecule has 8 heteroatoms. The van der Waals surface area contributed by atoms with Crippen LogP contribution in [0, 0.1) is 3.77 Å². The maximum atomic E-state index is 12.9. The third-order valence-electron chi connectivity index (χ3n) is 4.10. The standard InChI is InChI=1S/C18H17IN4O2S/c1-2-3-10-26-18-21-17(24)15-11-6-4-5-7-12(11)20-16(23(15)22-18)13-8-9-14(19)25-13/h4-9,16H,2-3,10H2,1H3,(H,21,22,24). The fourth-order valence-electron chi connectivity index (χ4n) is 2.86. The highest BCUT2D eigenvalue weighted by Gasteiger charge is 2.35. The van der Waals surface area contributed by atoms with Crippen LogP contribution >= 0.6 is 34.4 Å². The summed E-state index contributed by atoms with van der Waals surface area (Å²) < 4.78 is 6.56. The third-order valence-corrected chi connectivity index (χ3v) is 5.63. The Labute approximate surface area is 168 Å². The summed E-state index contributed by atoms with van der Waals surface area (Å²) in [5.41, 5.74) is 0.506. The SMILES string of the molecule is CCCCSC1=NN2C(=c3ccccc3=NC2c2ccc(I)o2)C(=O)N1. The van der Waals surface area contributed by atoms with Gasteiger partial charge in [0.15, 0.2) is 14.7 Å². The van der Waals surface area contributed by atoms with E-state index >= 15 is 0 Å². The average Bonchev–Trinajstić information content (AvgIpc) is 3.07. The monoisotopic (exact) mass is 480 g/mol. The molecule has 3 heterocycles. The van der Waals surface area contributed by atoms with Gasteiger partial charge in [-0.2, -0.15) is 0 Å². The van der Waals surface area contributed by atoms with Gasteiger partial charge >= 0.3 is 0 Å². The molecule has 0 radical (unpaired) electrons. The van der Waals surface area contributed by atoms with Crippen LogP contribution in [0.2, 0.25) is 0 Å². The molecule has 4 rings (SSSR count). The molecule has 0 aliphatic carbocycles. The number of nitrogens with zero attached hydrogens (tertiary/aromatic N) is 3. The number of carbonyl (C=O) groups excluding carboxylic acids is 1. The van der Waals surface area contributed by atoms with Crippen molar-refractivity contribution in [3.8, 4) is 0 Å². The number of furan rings is 1. The minimum absolute atomic E-state index is 0.160. The van der Waals surface area contributed by atoms with Crippen molar-refractivity contribution in [2.75, 3.05) is 5.75 Å². The lowest BCUT2D eigenvalue weighted by Crippen LogP contribution is -2.50. The highest BCUT2D eigenvalue weighted by atomic mass is 127. The number of halogens is 1. The van der Waals surface area contributed by atoms with Crippen LogP contribution in [0.4, 0.5) is 0 Å². The average molecular weight is 480 g/mol. The molecule has 1 aromatic heterocycles. The molecule has 134 valence electrons. The number of unbranched alkanes of at least 4 members (excludes halogenated alkanes) is 1. The molecule has 2 aromatic rings. The minimum atomic E-state index is -0.490. The van der Waals surface area contributed by atoms with Gasteiger partial charge in [0.2, 0.25) is 6.17 Å². The molecule has 1 unspecified atom stereocenters. The van der Waals surface area contributed by atoms with E-state index in [2.05, 4.69) is 39.9 Å². The molecule has 2 aliphatic heterocycles. The quantitative estimate of drug-likeness (QED) is 0.540. The van der Waals surface area contributed by atoms with Crippen molar-refractivity contribution in [2.45, 2.75) is 25.9 Å². The zero-order chi connectivity index (χ0) is 18.1. The molecule has 0 saturated carbocycles. The molecular formula is C18H17IN4O2S. The highest BCUT2D eigenvalue weighted by molar-refractivity contribution is 14.1. The summed E-state index contributed by atoms with van der Waals surface area (Å²) in [6.45, 7) is 2.14. The fourth-order valence-corrected chi connectivity index (χ4v) is 4.23. The van der Waals surface area contributed by atoms with Crippen LogP contribution in [0.15, 0.2) is 50.9 Å². The lowest BCUT2D eigenvalue weighted by Gasteiger charge is -2.32. The van der Waals surface area contributed by atoms with Crippen LogP contribution in [-0.4, -0.2) is 21.8 Å². The molecule has 1 aromatic carbocycles. The van der Waals surface area contributed by atoms with Crippen molar-refractivity contribution >= 4 is 51.1 Å². The smallest absolute Gasteiger partial charge is 0.276 e. The van der Waals surface area contributed by atoms with E-state index in [1.54, 1.807) is 16.8 Å². The van der Waals surface area contributed by atoms with E-state index < -0.39 is 6.17 Å². The Bertz CT molecular complexity index is 1000. The number of nitrogens with one attached hydrogen (secondary N) is 1. The number of hydrazone groups is 1. The zero-order valence-corrected chi connectivity index (χ0v) is 17.1. The van der Waals surface area contributed by atoms with Gasteiger partial charge in [-0.3, -0.25) is 10.1 Å². The molecule has 1 N–H and O–H groups in total. The molecule has 0 bridgehead atoms. The first-order valence-electron chi connectivity index (χ1n) is 8.42. The Hall–Kier alpha value is -1.81. The van der Waals surface area contributed by atoms with E-state index in [0.29, 0.717) is 16.6 Å². The molecule has 1 amide bonds. The number of amides is 1. The van der Waals surface area contributed by atoms with Crippen LogP contribution < -0.4 is 15.9 Å². The summed E-state index contributed by atoms with van der Waals surface area (Å²) in [5.74, 6) is 1.42. The number of hydrogen-bond donors (Lipinski definition) is 1. The van der Waals surface area contributed by atoms with Gasteiger partial charge in [-0.05, 0) is 47.2 Å². The number of fused-ring (bicyclic) bond motifs is 2.